The van der Waals surface area contributed by atoms with Crippen molar-refractivity contribution in [2.24, 2.45) is 0 Å². The van der Waals surface area contributed by atoms with Crippen molar-refractivity contribution >= 4 is 0 Å². The molecule has 0 saturated carbocycles. The van der Waals surface area contributed by atoms with Crippen LogP contribution in [-0.2, 0) is 0 Å². The number of benzene rings is 1. The van der Waals surface area contributed by atoms with Crippen LogP contribution >= 0.6 is 0 Å². The minimum Gasteiger partial charge on any atom is -0.489 e. The van der Waals surface area contributed by atoms with E-state index in [1.165, 1.54) is 5.56 Å². The number of rotatable bonds is 6. The third-order valence-corrected chi connectivity index (χ3v) is 2.52. The van der Waals surface area contributed by atoms with Crippen molar-refractivity contribution in [3.63, 3.8) is 0 Å². The van der Waals surface area contributed by atoms with Crippen molar-refractivity contribution in [2.75, 3.05) is 13.7 Å². The number of nitrogens with one attached hydrogen (secondary N) is 1. The monoisotopic (exact) mass is 219 g/mol. The van der Waals surface area contributed by atoms with Gasteiger partial charge in [-0.3, -0.25) is 0 Å². The Kier molecular flexibility index (Phi) is 5.06. The molecule has 0 saturated heterocycles. The molecule has 0 fully saturated rings. The van der Waals surface area contributed by atoms with E-state index in [-0.39, 0.29) is 0 Å². The quantitative estimate of drug-likeness (QED) is 0.741. The molecule has 1 atom stereocenters. The Morgan fingerprint density at radius 3 is 2.44 bits per heavy atom. The summed E-state index contributed by atoms with van der Waals surface area (Å²) >= 11 is 0. The van der Waals surface area contributed by atoms with Gasteiger partial charge in [-0.15, -0.1) is 0 Å². The minimum absolute atomic E-state index is 0.426. The zero-order valence-electron chi connectivity index (χ0n) is 10.4. The Bertz CT molecular complexity index is 325. The first-order valence-electron chi connectivity index (χ1n) is 5.71. The zero-order chi connectivity index (χ0) is 12.0. The van der Waals surface area contributed by atoms with Crippen molar-refractivity contribution < 1.29 is 4.74 Å². The van der Waals surface area contributed by atoms with E-state index in [0.29, 0.717) is 12.6 Å². The average Bonchev–Trinajstić information content (AvgIpc) is 2.29. The first-order chi connectivity index (χ1) is 7.67. The molecule has 1 aromatic carbocycles. The molecule has 0 aliphatic rings. The summed E-state index contributed by atoms with van der Waals surface area (Å²) in [5.41, 5.74) is 2.33. The van der Waals surface area contributed by atoms with Gasteiger partial charge in [-0.25, -0.2) is 0 Å². The van der Waals surface area contributed by atoms with Crippen LogP contribution in [0.1, 0.15) is 31.9 Å². The Labute approximate surface area is 98.3 Å². The fourth-order valence-corrected chi connectivity index (χ4v) is 1.61. The highest BCUT2D eigenvalue weighted by Gasteiger charge is 2.05. The second-order valence-electron chi connectivity index (χ2n) is 4.06. The number of hydrogen-bond acceptors (Lipinski definition) is 2. The lowest BCUT2D eigenvalue weighted by Gasteiger charge is -2.14. The van der Waals surface area contributed by atoms with Crippen LogP contribution in [0.4, 0.5) is 0 Å². The summed E-state index contributed by atoms with van der Waals surface area (Å²) in [4.78, 5) is 0. The zero-order valence-corrected chi connectivity index (χ0v) is 10.4. The molecular formula is C14H21NO. The van der Waals surface area contributed by atoms with Gasteiger partial charge in [0.1, 0.15) is 12.4 Å². The molecule has 1 unspecified atom stereocenters. The lowest BCUT2D eigenvalue weighted by atomic mass is 10.0. The normalized spacial score (nSPS) is 12.2. The van der Waals surface area contributed by atoms with Crippen molar-refractivity contribution in [3.05, 3.63) is 42.0 Å². The Morgan fingerprint density at radius 2 is 2.00 bits per heavy atom. The van der Waals surface area contributed by atoms with E-state index in [4.69, 9.17) is 4.74 Å². The van der Waals surface area contributed by atoms with Crippen LogP contribution in [0.2, 0.25) is 0 Å². The van der Waals surface area contributed by atoms with Crippen LogP contribution in [-0.4, -0.2) is 13.7 Å². The minimum atomic E-state index is 0.426. The van der Waals surface area contributed by atoms with Gasteiger partial charge >= 0.3 is 0 Å². The standard InChI is InChI=1S/C14H21NO/c1-5-14(15-4)12-6-8-13(9-7-12)16-10-11(2)3/h6-9,14-15H,2,5,10H2,1,3-4H3. The van der Waals surface area contributed by atoms with E-state index in [1.54, 1.807) is 0 Å². The first-order valence-corrected chi connectivity index (χ1v) is 5.71. The topological polar surface area (TPSA) is 21.3 Å². The second-order valence-corrected chi connectivity index (χ2v) is 4.06. The van der Waals surface area contributed by atoms with Crippen LogP contribution in [0, 0.1) is 0 Å². The molecule has 0 heterocycles. The third-order valence-electron chi connectivity index (χ3n) is 2.52. The fraction of sp³-hybridized carbons (Fsp3) is 0.429. The molecule has 1 N–H and O–H groups in total. The molecular weight excluding hydrogens is 198 g/mol. The summed E-state index contributed by atoms with van der Waals surface area (Å²) in [6.45, 7) is 8.53. The molecule has 16 heavy (non-hydrogen) atoms. The van der Waals surface area contributed by atoms with E-state index in [9.17, 15) is 0 Å². The van der Waals surface area contributed by atoms with Gasteiger partial charge in [0.25, 0.3) is 0 Å². The van der Waals surface area contributed by atoms with Crippen LogP contribution in [0.3, 0.4) is 0 Å². The Balaban J connectivity index is 2.63. The van der Waals surface area contributed by atoms with E-state index >= 15 is 0 Å². The maximum atomic E-state index is 5.55. The van der Waals surface area contributed by atoms with Crippen LogP contribution in [0.15, 0.2) is 36.4 Å². The van der Waals surface area contributed by atoms with E-state index in [1.807, 2.05) is 26.1 Å². The number of ether oxygens (including phenoxy) is 1. The van der Waals surface area contributed by atoms with Crippen molar-refractivity contribution in [1.82, 2.24) is 5.32 Å². The highest BCUT2D eigenvalue weighted by atomic mass is 16.5. The molecule has 0 amide bonds. The summed E-state index contributed by atoms with van der Waals surface area (Å²) in [6, 6.07) is 8.67. The summed E-state index contributed by atoms with van der Waals surface area (Å²) in [5.74, 6) is 0.901. The highest BCUT2D eigenvalue weighted by Crippen LogP contribution is 2.19. The summed E-state index contributed by atoms with van der Waals surface area (Å²) in [7, 11) is 1.99. The molecule has 0 aliphatic heterocycles. The van der Waals surface area contributed by atoms with E-state index in [0.717, 1.165) is 17.7 Å². The predicted octanol–water partition coefficient (Wildman–Crippen LogP) is 3.31. The summed E-state index contributed by atoms with van der Waals surface area (Å²) < 4.78 is 5.55. The molecule has 1 aromatic rings. The average molecular weight is 219 g/mol. The van der Waals surface area contributed by atoms with E-state index < -0.39 is 0 Å². The largest absolute Gasteiger partial charge is 0.489 e. The Morgan fingerprint density at radius 1 is 1.38 bits per heavy atom. The van der Waals surface area contributed by atoms with Gasteiger partial charge in [-0.2, -0.15) is 0 Å². The second kappa shape index (κ2) is 6.33. The maximum Gasteiger partial charge on any atom is 0.119 e. The molecule has 0 radical (unpaired) electrons. The van der Waals surface area contributed by atoms with E-state index in [2.05, 4.69) is 31.0 Å². The SMILES string of the molecule is C=C(C)COc1ccc(C(CC)NC)cc1. The molecule has 0 aliphatic carbocycles. The molecule has 2 heteroatoms. The molecule has 1 rings (SSSR count). The van der Waals surface area contributed by atoms with Gasteiger partial charge in [-0.05, 0) is 43.7 Å². The molecule has 0 bridgehead atoms. The molecule has 0 spiro atoms. The molecule has 0 aromatic heterocycles. The van der Waals surface area contributed by atoms with Gasteiger partial charge in [0.15, 0.2) is 0 Å². The summed E-state index contributed by atoms with van der Waals surface area (Å²) in [6.07, 6.45) is 1.09. The molecule has 2 nitrogen and oxygen atoms in total. The van der Waals surface area contributed by atoms with Gasteiger partial charge in [0, 0.05) is 6.04 Å². The Hall–Kier alpha value is -1.28. The maximum absolute atomic E-state index is 5.55. The first kappa shape index (κ1) is 12.8. The van der Waals surface area contributed by atoms with Crippen LogP contribution < -0.4 is 10.1 Å². The van der Waals surface area contributed by atoms with Gasteiger partial charge in [-0.1, -0.05) is 25.6 Å². The fourth-order valence-electron chi connectivity index (χ4n) is 1.61. The third kappa shape index (κ3) is 3.70. The lowest BCUT2D eigenvalue weighted by Crippen LogP contribution is -2.14. The lowest BCUT2D eigenvalue weighted by molar-refractivity contribution is 0.352. The predicted molar refractivity (Wildman–Crippen MR) is 68.8 cm³/mol. The van der Waals surface area contributed by atoms with Crippen molar-refractivity contribution in [2.45, 2.75) is 26.3 Å². The smallest absolute Gasteiger partial charge is 0.119 e. The summed E-state index contributed by atoms with van der Waals surface area (Å²) in [5, 5.41) is 3.28. The van der Waals surface area contributed by atoms with Crippen molar-refractivity contribution in [3.8, 4) is 5.75 Å². The van der Waals surface area contributed by atoms with Crippen molar-refractivity contribution in [1.29, 1.82) is 0 Å². The highest BCUT2D eigenvalue weighted by molar-refractivity contribution is 5.29. The van der Waals surface area contributed by atoms with Gasteiger partial charge in [0.05, 0.1) is 0 Å². The van der Waals surface area contributed by atoms with Crippen LogP contribution in [0.25, 0.3) is 0 Å². The van der Waals surface area contributed by atoms with Gasteiger partial charge in [0.2, 0.25) is 0 Å². The number of hydrogen-bond donors (Lipinski definition) is 1. The molecule has 88 valence electrons. The van der Waals surface area contributed by atoms with Gasteiger partial charge < -0.3 is 10.1 Å². The van der Waals surface area contributed by atoms with Crippen LogP contribution in [0.5, 0.6) is 5.75 Å².